The summed E-state index contributed by atoms with van der Waals surface area (Å²) in [7, 11) is 0. The molecule has 3 heteroatoms. The van der Waals surface area contributed by atoms with Gasteiger partial charge in [0, 0.05) is 12.0 Å². The van der Waals surface area contributed by atoms with Crippen LogP contribution in [0.2, 0.25) is 0 Å². The molecule has 0 spiro atoms. The van der Waals surface area contributed by atoms with Gasteiger partial charge in [0.15, 0.2) is 0 Å². The van der Waals surface area contributed by atoms with Crippen molar-refractivity contribution in [1.82, 2.24) is 0 Å². The molecule has 0 aliphatic heterocycles. The summed E-state index contributed by atoms with van der Waals surface area (Å²) in [6.07, 6.45) is 2.98. The molecule has 88 valence electrons. The van der Waals surface area contributed by atoms with Gasteiger partial charge in [-0.1, -0.05) is 12.1 Å². The molecule has 1 saturated carbocycles. The number of hydrogen-bond acceptors (Lipinski definition) is 2. The maximum atomic E-state index is 13.2. The standard InChI is InChI=1S/C13H18FNO/c14-11-3-1-2-10(8-11)13(9-15)6-4-12(16)5-7-13/h1-3,8,12,16H,4-7,9,15H2. The fraction of sp³-hybridized carbons (Fsp3) is 0.538. The van der Waals surface area contributed by atoms with Gasteiger partial charge in [-0.2, -0.15) is 0 Å². The lowest BCUT2D eigenvalue weighted by atomic mass is 9.69. The summed E-state index contributed by atoms with van der Waals surface area (Å²) in [5.41, 5.74) is 6.70. The summed E-state index contributed by atoms with van der Waals surface area (Å²) in [6.45, 7) is 0.517. The van der Waals surface area contributed by atoms with Gasteiger partial charge in [-0.05, 0) is 43.4 Å². The van der Waals surface area contributed by atoms with E-state index in [9.17, 15) is 9.50 Å². The largest absolute Gasteiger partial charge is 0.393 e. The summed E-state index contributed by atoms with van der Waals surface area (Å²) in [5, 5.41) is 9.52. The van der Waals surface area contributed by atoms with Crippen molar-refractivity contribution in [1.29, 1.82) is 0 Å². The lowest BCUT2D eigenvalue weighted by Crippen LogP contribution is -2.40. The first-order valence-corrected chi connectivity index (χ1v) is 5.80. The molecule has 2 nitrogen and oxygen atoms in total. The van der Waals surface area contributed by atoms with E-state index in [2.05, 4.69) is 0 Å². The normalized spacial score (nSPS) is 30.3. The van der Waals surface area contributed by atoms with Gasteiger partial charge in [0.2, 0.25) is 0 Å². The van der Waals surface area contributed by atoms with Crippen LogP contribution in [0.4, 0.5) is 4.39 Å². The van der Waals surface area contributed by atoms with E-state index in [1.165, 1.54) is 6.07 Å². The molecule has 1 aromatic rings. The second-order valence-corrected chi connectivity index (χ2v) is 4.73. The van der Waals surface area contributed by atoms with Gasteiger partial charge in [-0.25, -0.2) is 4.39 Å². The Morgan fingerprint density at radius 3 is 2.62 bits per heavy atom. The highest BCUT2D eigenvalue weighted by atomic mass is 19.1. The number of aliphatic hydroxyl groups excluding tert-OH is 1. The maximum absolute atomic E-state index is 13.2. The van der Waals surface area contributed by atoms with Crippen LogP contribution >= 0.6 is 0 Å². The molecular weight excluding hydrogens is 205 g/mol. The van der Waals surface area contributed by atoms with E-state index < -0.39 is 0 Å². The molecule has 0 bridgehead atoms. The molecule has 1 fully saturated rings. The van der Waals surface area contributed by atoms with Crippen LogP contribution in [0.25, 0.3) is 0 Å². The second-order valence-electron chi connectivity index (χ2n) is 4.73. The highest BCUT2D eigenvalue weighted by molar-refractivity contribution is 5.27. The zero-order valence-electron chi connectivity index (χ0n) is 9.32. The first-order chi connectivity index (χ1) is 7.66. The van der Waals surface area contributed by atoms with Crippen LogP contribution in [0.5, 0.6) is 0 Å². The smallest absolute Gasteiger partial charge is 0.123 e. The Balaban J connectivity index is 2.28. The highest BCUT2D eigenvalue weighted by Crippen LogP contribution is 2.38. The Morgan fingerprint density at radius 2 is 2.06 bits per heavy atom. The second kappa shape index (κ2) is 4.52. The lowest BCUT2D eigenvalue weighted by Gasteiger charge is -2.38. The molecule has 0 amide bonds. The van der Waals surface area contributed by atoms with Crippen LogP contribution in [-0.2, 0) is 5.41 Å². The number of aliphatic hydroxyl groups is 1. The molecule has 2 rings (SSSR count). The Morgan fingerprint density at radius 1 is 1.38 bits per heavy atom. The predicted octanol–water partition coefficient (Wildman–Crippen LogP) is 1.96. The van der Waals surface area contributed by atoms with E-state index in [1.807, 2.05) is 6.07 Å². The average Bonchev–Trinajstić information content (AvgIpc) is 2.31. The van der Waals surface area contributed by atoms with Crippen LogP contribution in [0, 0.1) is 5.82 Å². The van der Waals surface area contributed by atoms with Crippen LogP contribution in [0.15, 0.2) is 24.3 Å². The summed E-state index contributed by atoms with van der Waals surface area (Å²) in [4.78, 5) is 0. The molecule has 0 atom stereocenters. The molecule has 0 heterocycles. The zero-order valence-corrected chi connectivity index (χ0v) is 9.32. The highest BCUT2D eigenvalue weighted by Gasteiger charge is 2.35. The maximum Gasteiger partial charge on any atom is 0.123 e. The minimum atomic E-state index is -0.215. The van der Waals surface area contributed by atoms with Gasteiger partial charge >= 0.3 is 0 Å². The first kappa shape index (κ1) is 11.6. The number of hydrogen-bond donors (Lipinski definition) is 2. The molecule has 1 aliphatic rings. The van der Waals surface area contributed by atoms with Crippen LogP contribution in [-0.4, -0.2) is 17.8 Å². The Bertz CT molecular complexity index is 359. The van der Waals surface area contributed by atoms with E-state index >= 15 is 0 Å². The topological polar surface area (TPSA) is 46.2 Å². The SMILES string of the molecule is NCC1(c2cccc(F)c2)CCC(O)CC1. The van der Waals surface area contributed by atoms with Crippen LogP contribution in [0.3, 0.4) is 0 Å². The van der Waals surface area contributed by atoms with Gasteiger partial charge < -0.3 is 10.8 Å². The van der Waals surface area contributed by atoms with Crippen molar-refractivity contribution in [3.63, 3.8) is 0 Å². The summed E-state index contributed by atoms with van der Waals surface area (Å²) < 4.78 is 13.2. The third-order valence-electron chi connectivity index (χ3n) is 3.74. The number of rotatable bonds is 2. The molecule has 1 aromatic carbocycles. The first-order valence-electron chi connectivity index (χ1n) is 5.80. The molecule has 0 radical (unpaired) electrons. The summed E-state index contributed by atoms with van der Waals surface area (Å²) in [6, 6.07) is 6.69. The van der Waals surface area contributed by atoms with E-state index in [1.54, 1.807) is 12.1 Å². The zero-order chi connectivity index (χ0) is 11.6. The van der Waals surface area contributed by atoms with Crippen LogP contribution in [0.1, 0.15) is 31.2 Å². The molecule has 3 N–H and O–H groups in total. The van der Waals surface area contributed by atoms with E-state index in [0.717, 1.165) is 31.2 Å². The van der Waals surface area contributed by atoms with Crippen LogP contribution < -0.4 is 5.73 Å². The fourth-order valence-corrected chi connectivity index (χ4v) is 2.58. The van der Waals surface area contributed by atoms with E-state index in [4.69, 9.17) is 5.73 Å². The average molecular weight is 223 g/mol. The predicted molar refractivity (Wildman–Crippen MR) is 61.6 cm³/mol. The third-order valence-corrected chi connectivity index (χ3v) is 3.74. The third kappa shape index (κ3) is 2.11. The Hall–Kier alpha value is -0.930. The van der Waals surface area contributed by atoms with Gasteiger partial charge in [0.25, 0.3) is 0 Å². The van der Waals surface area contributed by atoms with Crippen molar-refractivity contribution in [2.45, 2.75) is 37.2 Å². The van der Waals surface area contributed by atoms with Crippen molar-refractivity contribution < 1.29 is 9.50 Å². The molecule has 0 unspecified atom stereocenters. The molecule has 0 saturated heterocycles. The van der Waals surface area contributed by atoms with Gasteiger partial charge in [0.1, 0.15) is 5.82 Å². The monoisotopic (exact) mass is 223 g/mol. The minimum Gasteiger partial charge on any atom is -0.393 e. The van der Waals surface area contributed by atoms with E-state index in [0.29, 0.717) is 6.54 Å². The quantitative estimate of drug-likeness (QED) is 0.805. The van der Waals surface area contributed by atoms with Gasteiger partial charge in [-0.15, -0.1) is 0 Å². The summed E-state index contributed by atoms with van der Waals surface area (Å²) >= 11 is 0. The van der Waals surface area contributed by atoms with E-state index in [-0.39, 0.29) is 17.3 Å². The van der Waals surface area contributed by atoms with Crippen molar-refractivity contribution in [2.24, 2.45) is 5.73 Å². The van der Waals surface area contributed by atoms with Crippen molar-refractivity contribution in [2.75, 3.05) is 6.54 Å². The molecular formula is C13H18FNO. The molecule has 0 aromatic heterocycles. The Kier molecular flexibility index (Phi) is 3.26. The number of nitrogens with two attached hydrogens (primary N) is 1. The van der Waals surface area contributed by atoms with Crippen molar-refractivity contribution in [3.8, 4) is 0 Å². The molecule has 16 heavy (non-hydrogen) atoms. The Labute approximate surface area is 95.3 Å². The van der Waals surface area contributed by atoms with Gasteiger partial charge in [0.05, 0.1) is 6.10 Å². The minimum absolute atomic E-state index is 0.138. The lowest BCUT2D eigenvalue weighted by molar-refractivity contribution is 0.0974. The fourth-order valence-electron chi connectivity index (χ4n) is 2.58. The molecule has 1 aliphatic carbocycles. The van der Waals surface area contributed by atoms with Crippen molar-refractivity contribution >= 4 is 0 Å². The van der Waals surface area contributed by atoms with Crippen molar-refractivity contribution in [3.05, 3.63) is 35.6 Å². The van der Waals surface area contributed by atoms with Gasteiger partial charge in [-0.3, -0.25) is 0 Å². The summed E-state index contributed by atoms with van der Waals surface area (Å²) in [5.74, 6) is -0.212. The number of halogens is 1. The number of benzene rings is 1.